The molecule has 0 aliphatic carbocycles. The maximum absolute atomic E-state index is 14.6. The first kappa shape index (κ1) is 56.4. The molecule has 1 saturated heterocycles. The van der Waals surface area contributed by atoms with Gasteiger partial charge in [0.15, 0.2) is 26.3 Å². The Kier molecular flexibility index (Phi) is 24.4. The van der Waals surface area contributed by atoms with Crippen LogP contribution in [0.5, 0.6) is 5.75 Å². The number of aliphatic hydroxyl groups is 1. The van der Waals surface area contributed by atoms with E-state index in [0.29, 0.717) is 30.9 Å². The number of ether oxygens (including phenoxy) is 6. The van der Waals surface area contributed by atoms with Gasteiger partial charge in [0.05, 0.1) is 26.2 Å². The summed E-state index contributed by atoms with van der Waals surface area (Å²) in [5, 5.41) is 15.2. The van der Waals surface area contributed by atoms with E-state index in [1.807, 2.05) is 0 Å². The van der Waals surface area contributed by atoms with Crippen LogP contribution in [0.1, 0.15) is 144 Å². The third kappa shape index (κ3) is 20.2. The van der Waals surface area contributed by atoms with Crippen LogP contribution in [0.4, 0.5) is 0 Å². The van der Waals surface area contributed by atoms with Crippen LogP contribution >= 0.6 is 0 Å². The molecule has 3 atom stereocenters. The molecule has 1 aliphatic rings. The van der Waals surface area contributed by atoms with Crippen LogP contribution in [0.15, 0.2) is 36.4 Å². The lowest BCUT2D eigenvalue weighted by Crippen LogP contribution is -2.57. The second kappa shape index (κ2) is 27.7. The maximum Gasteiger partial charge on any atom is 0.344 e. The summed E-state index contributed by atoms with van der Waals surface area (Å²) in [5.74, 6) is 0.670. The third-order valence-electron chi connectivity index (χ3n) is 11.8. The van der Waals surface area contributed by atoms with Crippen LogP contribution in [0.25, 0.3) is 0 Å². The summed E-state index contributed by atoms with van der Waals surface area (Å²) in [6.07, 6.45) is 14.9. The van der Waals surface area contributed by atoms with E-state index in [2.05, 4.69) is 62.7 Å². The largest absolute Gasteiger partial charge is 0.481 e. The molecule has 0 bridgehead atoms. The van der Waals surface area contributed by atoms with Gasteiger partial charge in [0.2, 0.25) is 5.91 Å². The molecule has 0 unspecified atom stereocenters. The Bertz CT molecular complexity index is 1660. The zero-order valence-electron chi connectivity index (χ0n) is 41.0. The number of amides is 1. The van der Waals surface area contributed by atoms with E-state index in [1.165, 1.54) is 38.9 Å². The van der Waals surface area contributed by atoms with Gasteiger partial charge in [-0.25, -0.2) is 14.4 Å². The van der Waals surface area contributed by atoms with Gasteiger partial charge in [0.25, 0.3) is 0 Å². The van der Waals surface area contributed by atoms with E-state index in [1.54, 1.807) is 58.0 Å². The maximum atomic E-state index is 14.6. The zero-order chi connectivity index (χ0) is 47.9. The molecule has 0 radical (unpaired) electrons. The average Bonchev–Trinajstić information content (AvgIpc) is 3.69. The number of nitrogens with one attached hydrogen (secondary N) is 1. The number of rotatable bonds is 29. The van der Waals surface area contributed by atoms with Gasteiger partial charge in [-0.3, -0.25) is 4.79 Å². The summed E-state index contributed by atoms with van der Waals surface area (Å²) in [6.45, 7) is 20.1. The predicted molar refractivity (Wildman–Crippen MR) is 251 cm³/mol. The van der Waals surface area contributed by atoms with Crippen LogP contribution in [0.3, 0.4) is 0 Å². The summed E-state index contributed by atoms with van der Waals surface area (Å²) in [5.41, 5.74) is -2.77. The third-order valence-corrected chi connectivity index (χ3v) is 16.3. The van der Waals surface area contributed by atoms with Crippen molar-refractivity contribution < 1.29 is 57.1 Å². The second-order valence-corrected chi connectivity index (χ2v) is 24.0. The first-order valence-corrected chi connectivity index (χ1v) is 26.2. The molecule has 1 aromatic rings. The Balaban J connectivity index is 2.40. The molecular formula is C50H81NO12Si. The van der Waals surface area contributed by atoms with Crippen molar-refractivity contribution in [2.45, 2.75) is 186 Å². The number of carbonyl (C=O) groups is 4. The van der Waals surface area contributed by atoms with Crippen LogP contribution in [0, 0.1) is 17.8 Å². The summed E-state index contributed by atoms with van der Waals surface area (Å²) in [4.78, 5) is 54.4. The Morgan fingerprint density at radius 3 is 2.09 bits per heavy atom. The minimum absolute atomic E-state index is 0.0274. The lowest BCUT2D eigenvalue weighted by molar-refractivity contribution is -0.185. The highest BCUT2D eigenvalue weighted by molar-refractivity contribution is 6.74. The van der Waals surface area contributed by atoms with E-state index in [0.717, 1.165) is 44.9 Å². The molecule has 2 N–H and O–H groups in total. The lowest BCUT2D eigenvalue weighted by atomic mass is 9.82. The summed E-state index contributed by atoms with van der Waals surface area (Å²) < 4.78 is 40.0. The number of carbonyl (C=O) groups excluding carboxylic acids is 4. The summed E-state index contributed by atoms with van der Waals surface area (Å²) >= 11 is 0. The highest BCUT2D eigenvalue weighted by atomic mass is 28.4. The van der Waals surface area contributed by atoms with Gasteiger partial charge >= 0.3 is 17.9 Å². The van der Waals surface area contributed by atoms with Gasteiger partial charge in [0.1, 0.15) is 24.0 Å². The van der Waals surface area contributed by atoms with Crippen LogP contribution in [-0.2, 0) is 53.7 Å². The van der Waals surface area contributed by atoms with E-state index < -0.39 is 67.7 Å². The normalized spacial score (nSPS) is 15.9. The predicted octanol–water partition coefficient (Wildman–Crippen LogP) is 8.93. The van der Waals surface area contributed by atoms with Crippen molar-refractivity contribution in [3.8, 4) is 17.6 Å². The minimum Gasteiger partial charge on any atom is -0.481 e. The fourth-order valence-corrected chi connectivity index (χ4v) is 7.98. The van der Waals surface area contributed by atoms with Crippen molar-refractivity contribution in [3.05, 3.63) is 42.0 Å². The Morgan fingerprint density at radius 2 is 1.53 bits per heavy atom. The monoisotopic (exact) mass is 916 g/mol. The van der Waals surface area contributed by atoms with Crippen molar-refractivity contribution in [2.24, 2.45) is 5.92 Å². The lowest BCUT2D eigenvalue weighted by Gasteiger charge is -2.38. The molecule has 64 heavy (non-hydrogen) atoms. The van der Waals surface area contributed by atoms with Gasteiger partial charge in [-0.1, -0.05) is 96.4 Å². The Morgan fingerprint density at radius 1 is 0.922 bits per heavy atom. The topological polar surface area (TPSA) is 165 Å². The molecule has 1 heterocycles. The molecule has 1 aromatic carbocycles. The highest BCUT2D eigenvalue weighted by Crippen LogP contribution is 2.38. The van der Waals surface area contributed by atoms with E-state index in [9.17, 15) is 24.3 Å². The van der Waals surface area contributed by atoms with E-state index in [-0.39, 0.29) is 31.1 Å². The quantitative estimate of drug-likeness (QED) is 0.0196. The number of hydrogen-bond donors (Lipinski definition) is 2. The molecular weight excluding hydrogens is 835 g/mol. The number of hydrogen-bond acceptors (Lipinski definition) is 12. The number of methoxy groups -OCH3 is 1. The number of allylic oxidation sites excluding steroid dienone is 1. The Labute approximate surface area is 385 Å². The fraction of sp³-hybridized carbons (Fsp3) is 0.720. The van der Waals surface area contributed by atoms with Crippen molar-refractivity contribution in [1.82, 2.24) is 5.32 Å². The fourth-order valence-electron chi connectivity index (χ4n) is 6.94. The zero-order valence-corrected chi connectivity index (χ0v) is 42.0. The van der Waals surface area contributed by atoms with E-state index in [4.69, 9.17) is 28.1 Å². The minimum atomic E-state index is -2.40. The van der Waals surface area contributed by atoms with E-state index >= 15 is 0 Å². The smallest absolute Gasteiger partial charge is 0.344 e. The molecule has 0 spiro atoms. The molecule has 0 saturated carbocycles. The van der Waals surface area contributed by atoms with Crippen molar-refractivity contribution in [2.75, 3.05) is 40.1 Å². The van der Waals surface area contributed by atoms with Gasteiger partial charge in [-0.2, -0.15) is 0 Å². The van der Waals surface area contributed by atoms with Gasteiger partial charge in [-0.15, -0.1) is 5.92 Å². The summed E-state index contributed by atoms with van der Waals surface area (Å²) in [7, 11) is -1.19. The average molecular weight is 916 g/mol. The molecule has 2 rings (SSSR count). The van der Waals surface area contributed by atoms with Crippen LogP contribution in [0.2, 0.25) is 18.1 Å². The number of benzene rings is 1. The molecule has 1 fully saturated rings. The van der Waals surface area contributed by atoms with Gasteiger partial charge in [-0.05, 0) is 89.2 Å². The van der Waals surface area contributed by atoms with Crippen molar-refractivity contribution >= 4 is 32.1 Å². The summed E-state index contributed by atoms with van der Waals surface area (Å²) in [6, 6.07) is 5.56. The molecule has 13 nitrogen and oxygen atoms in total. The Hall–Kier alpha value is -3.74. The highest BCUT2D eigenvalue weighted by Gasteiger charge is 2.50. The molecule has 1 aliphatic heterocycles. The first-order chi connectivity index (χ1) is 30.1. The van der Waals surface area contributed by atoms with Crippen LogP contribution < -0.4 is 10.1 Å². The SMILES string of the molecule is CC#CCOc1ccc(C[C@H](NC(=O)[C@@H](/C=C/CCCCCCC2(CCCCCCC)OCCO2)[C@](O)(CCO[Si](C)(C)C(C)(C)C)C(=O)OC(C)(C)C)C(=O)OCC(=O)OC)cc1. The standard InChI is InChI=1S/C50H81NO12Si/c1-12-14-16-20-23-30-49(60-35-36-61-49)31-24-21-18-17-19-22-25-41(50(56,46(55)63-47(3,4)5)32-34-62-64(10,11)48(6,7)8)44(53)51-42(45(54)59-38-43(52)57-9)37-39-26-28-40(29-27-39)58-33-15-13-2/h22,25-29,41-42,56H,12,14,16-21,23-24,30-38H2,1-11H3,(H,51,53)/b25-22+/t41-,42+,50-/m1/s1. The number of unbranched alkanes of at least 4 members (excludes halogenated alkanes) is 8. The molecule has 362 valence electrons. The number of esters is 3. The van der Waals surface area contributed by atoms with Gasteiger partial charge in [0, 0.05) is 32.3 Å². The van der Waals surface area contributed by atoms with Crippen molar-refractivity contribution in [3.63, 3.8) is 0 Å². The first-order valence-electron chi connectivity index (χ1n) is 23.3. The second-order valence-electron chi connectivity index (χ2n) is 19.2. The van der Waals surface area contributed by atoms with Crippen LogP contribution in [-0.4, -0.2) is 100 Å². The molecule has 14 heteroatoms. The molecule has 0 aromatic heterocycles. The van der Waals surface area contributed by atoms with Crippen molar-refractivity contribution in [1.29, 1.82) is 0 Å². The molecule has 1 amide bonds. The van der Waals surface area contributed by atoms with Gasteiger partial charge < -0.3 is 43.3 Å².